The summed E-state index contributed by atoms with van der Waals surface area (Å²) in [4.78, 5) is 25.6. The van der Waals surface area contributed by atoms with Gasteiger partial charge in [-0.2, -0.15) is 0 Å². The number of hydrogen-bond acceptors (Lipinski definition) is 3. The number of furan rings is 1. The second-order valence-corrected chi connectivity index (χ2v) is 4.74. The van der Waals surface area contributed by atoms with E-state index in [9.17, 15) is 9.59 Å². The highest BCUT2D eigenvalue weighted by Gasteiger charge is 2.14. The zero-order valence-corrected chi connectivity index (χ0v) is 11.3. The molecule has 0 fully saturated rings. The number of aromatic amines is 1. The van der Waals surface area contributed by atoms with Crippen LogP contribution in [0.15, 0.2) is 45.8 Å². The van der Waals surface area contributed by atoms with Crippen LogP contribution in [0.4, 0.5) is 0 Å². The van der Waals surface area contributed by atoms with Gasteiger partial charge in [-0.3, -0.25) is 4.79 Å². The molecular weight excluding hydrogens is 270 g/mol. The number of carboxylic acid groups (broad SMARTS) is 1. The van der Waals surface area contributed by atoms with Crippen LogP contribution in [0, 0.1) is 0 Å². The van der Waals surface area contributed by atoms with Crippen molar-refractivity contribution in [1.82, 2.24) is 4.98 Å². The topological polar surface area (TPSA) is 83.3 Å². The minimum Gasteiger partial charge on any atom is -0.477 e. The van der Waals surface area contributed by atoms with Crippen LogP contribution >= 0.6 is 0 Å². The second kappa shape index (κ2) is 4.94. The minimum atomic E-state index is -1.22. The number of carboxylic acids is 1. The predicted octanol–water partition coefficient (Wildman–Crippen LogP) is 3.05. The van der Waals surface area contributed by atoms with E-state index in [0.717, 1.165) is 22.1 Å². The fourth-order valence-electron chi connectivity index (χ4n) is 2.39. The summed E-state index contributed by atoms with van der Waals surface area (Å²) in [6.45, 7) is 1.92. The largest absolute Gasteiger partial charge is 0.477 e. The number of carbonyl (C=O) groups is 1. The van der Waals surface area contributed by atoms with Crippen molar-refractivity contribution in [3.8, 4) is 11.3 Å². The molecule has 0 unspecified atom stereocenters. The van der Waals surface area contributed by atoms with Gasteiger partial charge in [0, 0.05) is 5.39 Å². The first-order chi connectivity index (χ1) is 10.1. The number of aryl methyl sites for hydroxylation is 1. The van der Waals surface area contributed by atoms with E-state index in [4.69, 9.17) is 9.52 Å². The Labute approximate surface area is 119 Å². The van der Waals surface area contributed by atoms with Gasteiger partial charge in [-0.1, -0.05) is 6.92 Å². The molecule has 0 aliphatic rings. The summed E-state index contributed by atoms with van der Waals surface area (Å²) in [5.41, 5.74) is 2.20. The average molecular weight is 283 g/mol. The van der Waals surface area contributed by atoms with E-state index < -0.39 is 11.5 Å². The van der Waals surface area contributed by atoms with Crippen LogP contribution in [-0.2, 0) is 6.42 Å². The van der Waals surface area contributed by atoms with Gasteiger partial charge in [-0.15, -0.1) is 0 Å². The van der Waals surface area contributed by atoms with Crippen molar-refractivity contribution < 1.29 is 14.3 Å². The Morgan fingerprint density at radius 2 is 2.10 bits per heavy atom. The van der Waals surface area contributed by atoms with Crippen LogP contribution in [0.3, 0.4) is 0 Å². The van der Waals surface area contributed by atoms with E-state index >= 15 is 0 Å². The number of fused-ring (bicyclic) bond motifs is 1. The first kappa shape index (κ1) is 13.2. The Hall–Kier alpha value is -2.82. The molecule has 3 rings (SSSR count). The van der Waals surface area contributed by atoms with E-state index in [1.165, 1.54) is 6.07 Å². The Kier molecular flexibility index (Phi) is 3.10. The molecule has 0 saturated heterocycles. The fraction of sp³-hybridized carbons (Fsp3) is 0.125. The van der Waals surface area contributed by atoms with Crippen LogP contribution in [0.2, 0.25) is 0 Å². The summed E-state index contributed by atoms with van der Waals surface area (Å²) in [5, 5.41) is 9.96. The van der Waals surface area contributed by atoms with Gasteiger partial charge in [0.25, 0.3) is 5.56 Å². The summed E-state index contributed by atoms with van der Waals surface area (Å²) < 4.78 is 5.29. The monoisotopic (exact) mass is 283 g/mol. The summed E-state index contributed by atoms with van der Waals surface area (Å²) in [6.07, 6.45) is 2.22. The van der Waals surface area contributed by atoms with Crippen LogP contribution in [-0.4, -0.2) is 16.1 Å². The van der Waals surface area contributed by atoms with Gasteiger partial charge in [0.05, 0.1) is 12.0 Å². The number of aromatic carboxylic acids is 1. The van der Waals surface area contributed by atoms with Crippen molar-refractivity contribution >= 4 is 16.9 Å². The van der Waals surface area contributed by atoms with Gasteiger partial charge >= 0.3 is 5.97 Å². The quantitative estimate of drug-likeness (QED) is 0.773. The lowest BCUT2D eigenvalue weighted by Crippen LogP contribution is -2.19. The predicted molar refractivity (Wildman–Crippen MR) is 78.6 cm³/mol. The van der Waals surface area contributed by atoms with Crippen molar-refractivity contribution in [3.63, 3.8) is 0 Å². The molecular formula is C16H13NO4. The maximum atomic E-state index is 11.9. The lowest BCUT2D eigenvalue weighted by molar-refractivity contribution is 0.0695. The van der Waals surface area contributed by atoms with Crippen LogP contribution in [0.1, 0.15) is 22.8 Å². The fourth-order valence-corrected chi connectivity index (χ4v) is 2.39. The van der Waals surface area contributed by atoms with Gasteiger partial charge < -0.3 is 14.5 Å². The van der Waals surface area contributed by atoms with Gasteiger partial charge in [0.2, 0.25) is 0 Å². The lowest BCUT2D eigenvalue weighted by Gasteiger charge is -2.09. The number of pyridine rings is 1. The highest BCUT2D eigenvalue weighted by Crippen LogP contribution is 2.26. The third-order valence-electron chi connectivity index (χ3n) is 3.48. The molecule has 1 aromatic carbocycles. The summed E-state index contributed by atoms with van der Waals surface area (Å²) in [6, 6.07) is 8.86. The molecule has 106 valence electrons. The molecule has 0 atom stereocenters. The molecule has 2 aromatic heterocycles. The van der Waals surface area contributed by atoms with Gasteiger partial charge in [0.1, 0.15) is 11.1 Å². The molecule has 5 nitrogen and oxygen atoms in total. The average Bonchev–Trinajstić information content (AvgIpc) is 2.93. The first-order valence-electron chi connectivity index (χ1n) is 6.57. The van der Waals surface area contributed by atoms with Crippen LogP contribution in [0.5, 0.6) is 0 Å². The molecule has 0 aliphatic heterocycles. The molecule has 5 heteroatoms. The molecule has 21 heavy (non-hydrogen) atoms. The molecule has 0 saturated carbocycles. The van der Waals surface area contributed by atoms with Crippen LogP contribution in [0.25, 0.3) is 22.2 Å². The van der Waals surface area contributed by atoms with E-state index in [-0.39, 0.29) is 5.56 Å². The Morgan fingerprint density at radius 1 is 1.29 bits per heavy atom. The maximum absolute atomic E-state index is 11.9. The molecule has 0 spiro atoms. The molecule has 0 radical (unpaired) electrons. The highest BCUT2D eigenvalue weighted by molar-refractivity contribution is 5.88. The smallest absolute Gasteiger partial charge is 0.341 e. The number of hydrogen-bond donors (Lipinski definition) is 2. The van der Waals surface area contributed by atoms with E-state index in [2.05, 4.69) is 4.98 Å². The number of aromatic nitrogens is 1. The van der Waals surface area contributed by atoms with Crippen molar-refractivity contribution in [2.75, 3.05) is 0 Å². The molecule has 2 N–H and O–H groups in total. The van der Waals surface area contributed by atoms with Gasteiger partial charge in [-0.05, 0) is 47.9 Å². The maximum Gasteiger partial charge on any atom is 0.341 e. The van der Waals surface area contributed by atoms with Crippen molar-refractivity contribution in [2.45, 2.75) is 13.3 Å². The standard InChI is InChI=1S/C16H13NO4/c1-2-9-8-12(16(19)20)15(18)17-14(9)11-3-4-13-10(7-11)5-6-21-13/h3-8H,2H2,1H3,(H,17,18)(H,19,20). The zero-order chi connectivity index (χ0) is 15.0. The number of benzene rings is 1. The number of H-pyrrole nitrogens is 1. The minimum absolute atomic E-state index is 0.236. The molecule has 0 bridgehead atoms. The van der Waals surface area contributed by atoms with E-state index in [0.29, 0.717) is 12.1 Å². The number of rotatable bonds is 3. The molecule has 3 aromatic rings. The first-order valence-corrected chi connectivity index (χ1v) is 6.57. The third-order valence-corrected chi connectivity index (χ3v) is 3.48. The van der Waals surface area contributed by atoms with Crippen molar-refractivity contribution in [1.29, 1.82) is 0 Å². The highest BCUT2D eigenvalue weighted by atomic mass is 16.4. The second-order valence-electron chi connectivity index (χ2n) is 4.74. The lowest BCUT2D eigenvalue weighted by atomic mass is 10.0. The zero-order valence-electron chi connectivity index (χ0n) is 11.3. The summed E-state index contributed by atoms with van der Waals surface area (Å²) in [7, 11) is 0. The molecule has 0 amide bonds. The Morgan fingerprint density at radius 3 is 2.81 bits per heavy atom. The summed E-state index contributed by atoms with van der Waals surface area (Å²) in [5.74, 6) is -1.22. The van der Waals surface area contributed by atoms with E-state index in [1.807, 2.05) is 31.2 Å². The SMILES string of the molecule is CCc1cc(C(=O)O)c(=O)[nH]c1-c1ccc2occc2c1. The van der Waals surface area contributed by atoms with Crippen molar-refractivity contribution in [3.05, 3.63) is 58.1 Å². The van der Waals surface area contributed by atoms with Crippen LogP contribution < -0.4 is 5.56 Å². The van der Waals surface area contributed by atoms with Gasteiger partial charge in [-0.25, -0.2) is 4.79 Å². The normalized spacial score (nSPS) is 10.9. The molecule has 0 aliphatic carbocycles. The van der Waals surface area contributed by atoms with Gasteiger partial charge in [0.15, 0.2) is 0 Å². The number of nitrogens with one attached hydrogen (secondary N) is 1. The third kappa shape index (κ3) is 2.23. The Bertz CT molecular complexity index is 889. The van der Waals surface area contributed by atoms with E-state index in [1.54, 1.807) is 6.26 Å². The molecule has 2 heterocycles. The van der Waals surface area contributed by atoms with Crippen molar-refractivity contribution in [2.24, 2.45) is 0 Å². The Balaban J connectivity index is 2.23. The summed E-state index contributed by atoms with van der Waals surface area (Å²) >= 11 is 0.